The minimum Gasteiger partial charge on any atom is -0.459 e. The maximum Gasteiger partial charge on any atom is 0.338 e. The number of hydrogen-bond acceptors (Lipinski definition) is 5. The van der Waals surface area contributed by atoms with Gasteiger partial charge in [0.2, 0.25) is 0 Å². The second-order valence-corrected chi connectivity index (χ2v) is 3.24. The zero-order valence-electron chi connectivity index (χ0n) is 9.98. The Labute approximate surface area is 109 Å². The Morgan fingerprint density at radius 3 is 2.47 bits per heavy atom. The van der Waals surface area contributed by atoms with Crippen LogP contribution < -0.4 is 0 Å². The predicted octanol–water partition coefficient (Wildman–Crippen LogP) is 2.51. The van der Waals surface area contributed by atoms with Crippen LogP contribution in [0.5, 0.6) is 0 Å². The number of azide groups is 1. The number of rotatable bonds is 6. The van der Waals surface area contributed by atoms with Crippen molar-refractivity contribution in [1.29, 1.82) is 0 Å². The summed E-state index contributed by atoms with van der Waals surface area (Å²) < 4.78 is 9.51. The molecule has 0 aromatic heterocycles. The first-order valence-corrected chi connectivity index (χ1v) is 5.29. The Bertz CT molecular complexity index is 518. The fraction of sp³-hybridized carbons (Fsp3) is 0.167. The third-order valence-corrected chi connectivity index (χ3v) is 1.99. The molecule has 0 aliphatic carbocycles. The Kier molecular flexibility index (Phi) is 5.65. The maximum absolute atomic E-state index is 11.5. The second kappa shape index (κ2) is 7.52. The van der Waals surface area contributed by atoms with E-state index in [0.29, 0.717) is 11.3 Å². The number of esters is 2. The van der Waals surface area contributed by atoms with Gasteiger partial charge in [-0.25, -0.2) is 9.59 Å². The molecule has 0 saturated carbocycles. The van der Waals surface area contributed by atoms with Gasteiger partial charge in [0, 0.05) is 16.7 Å². The van der Waals surface area contributed by atoms with Crippen molar-refractivity contribution in [3.05, 3.63) is 52.9 Å². The molecule has 0 saturated heterocycles. The summed E-state index contributed by atoms with van der Waals surface area (Å²) in [5.74, 6) is -1.13. The van der Waals surface area contributed by atoms with Crippen LogP contribution in [0.25, 0.3) is 10.4 Å². The molecule has 19 heavy (non-hydrogen) atoms. The SMILES string of the molecule is C=CC(=O)OCCOC(=O)c1ccc(N=[N+]=[N-])cc1. The van der Waals surface area contributed by atoms with Crippen molar-refractivity contribution in [2.75, 3.05) is 13.2 Å². The lowest BCUT2D eigenvalue weighted by atomic mass is 10.2. The van der Waals surface area contributed by atoms with Gasteiger partial charge in [0.25, 0.3) is 0 Å². The second-order valence-electron chi connectivity index (χ2n) is 3.24. The van der Waals surface area contributed by atoms with Gasteiger partial charge in [-0.1, -0.05) is 23.8 Å². The average molecular weight is 261 g/mol. The Morgan fingerprint density at radius 2 is 1.89 bits per heavy atom. The van der Waals surface area contributed by atoms with Crippen LogP contribution in [0.1, 0.15) is 10.4 Å². The first-order chi connectivity index (χ1) is 9.17. The quantitative estimate of drug-likeness (QED) is 0.196. The molecule has 0 N–H and O–H groups in total. The first-order valence-electron chi connectivity index (χ1n) is 5.29. The molecule has 0 bridgehead atoms. The van der Waals surface area contributed by atoms with Gasteiger partial charge in [-0.3, -0.25) is 0 Å². The lowest BCUT2D eigenvalue weighted by Crippen LogP contribution is -2.12. The van der Waals surface area contributed by atoms with Gasteiger partial charge in [0.05, 0.1) is 5.56 Å². The molecule has 0 atom stereocenters. The summed E-state index contributed by atoms with van der Waals surface area (Å²) in [5.41, 5.74) is 8.94. The van der Waals surface area contributed by atoms with Gasteiger partial charge in [0.15, 0.2) is 0 Å². The minimum atomic E-state index is -0.574. The van der Waals surface area contributed by atoms with Crippen molar-refractivity contribution in [3.63, 3.8) is 0 Å². The number of hydrogen-bond donors (Lipinski definition) is 0. The Hall–Kier alpha value is -2.79. The molecule has 0 aliphatic rings. The highest BCUT2D eigenvalue weighted by atomic mass is 16.6. The minimum absolute atomic E-state index is 0.0343. The largest absolute Gasteiger partial charge is 0.459 e. The summed E-state index contributed by atoms with van der Waals surface area (Å²) in [4.78, 5) is 24.9. The van der Waals surface area contributed by atoms with E-state index in [1.807, 2.05) is 0 Å². The van der Waals surface area contributed by atoms with Crippen LogP contribution in [0.3, 0.4) is 0 Å². The van der Waals surface area contributed by atoms with Crippen LogP contribution in [0.2, 0.25) is 0 Å². The van der Waals surface area contributed by atoms with Crippen molar-refractivity contribution in [1.82, 2.24) is 0 Å². The molecular weight excluding hydrogens is 250 g/mol. The molecule has 7 nitrogen and oxygen atoms in total. The molecular formula is C12H11N3O4. The standard InChI is InChI=1S/C12H11N3O4/c1-2-11(16)18-7-8-19-12(17)9-3-5-10(6-4-9)14-15-13/h2-6H,1,7-8H2. The fourth-order valence-corrected chi connectivity index (χ4v) is 1.13. The number of carbonyl (C=O) groups is 2. The number of benzene rings is 1. The van der Waals surface area contributed by atoms with E-state index in [1.165, 1.54) is 24.3 Å². The van der Waals surface area contributed by atoms with Crippen molar-refractivity contribution in [2.45, 2.75) is 0 Å². The molecule has 0 unspecified atom stereocenters. The molecule has 98 valence electrons. The molecule has 0 aliphatic heterocycles. The summed E-state index contributed by atoms with van der Waals surface area (Å²) in [6.07, 6.45) is 1.02. The molecule has 1 aromatic rings. The van der Waals surface area contributed by atoms with Crippen LogP contribution in [-0.4, -0.2) is 25.2 Å². The van der Waals surface area contributed by atoms with Crippen LogP contribution in [0.15, 0.2) is 42.0 Å². The number of carbonyl (C=O) groups excluding carboxylic acids is 2. The molecule has 0 spiro atoms. The van der Waals surface area contributed by atoms with Crippen LogP contribution in [0.4, 0.5) is 5.69 Å². The first kappa shape index (κ1) is 14.3. The summed E-state index contributed by atoms with van der Waals surface area (Å²) >= 11 is 0. The lowest BCUT2D eigenvalue weighted by molar-refractivity contribution is -0.138. The van der Waals surface area contributed by atoms with Crippen molar-refractivity contribution >= 4 is 17.6 Å². The van der Waals surface area contributed by atoms with Gasteiger partial charge >= 0.3 is 11.9 Å². The molecule has 1 rings (SSSR count). The summed E-state index contributed by atoms with van der Waals surface area (Å²) in [5, 5.41) is 3.37. The maximum atomic E-state index is 11.5. The van der Waals surface area contributed by atoms with E-state index in [0.717, 1.165) is 6.08 Å². The monoisotopic (exact) mass is 261 g/mol. The van der Waals surface area contributed by atoms with Crippen LogP contribution in [-0.2, 0) is 14.3 Å². The van der Waals surface area contributed by atoms with Crippen molar-refractivity contribution < 1.29 is 19.1 Å². The molecule has 0 fully saturated rings. The molecule has 0 amide bonds. The smallest absolute Gasteiger partial charge is 0.338 e. The summed E-state index contributed by atoms with van der Waals surface area (Å²) in [6.45, 7) is 3.15. The van der Waals surface area contributed by atoms with Crippen LogP contribution >= 0.6 is 0 Å². The topological polar surface area (TPSA) is 101 Å². The third kappa shape index (κ3) is 4.93. The highest BCUT2D eigenvalue weighted by molar-refractivity contribution is 5.89. The van der Waals surface area contributed by atoms with Crippen molar-refractivity contribution in [3.8, 4) is 0 Å². The summed E-state index contributed by atoms with van der Waals surface area (Å²) in [6, 6.07) is 5.94. The molecule has 0 radical (unpaired) electrons. The van der Waals surface area contributed by atoms with E-state index in [9.17, 15) is 9.59 Å². The van der Waals surface area contributed by atoms with Gasteiger partial charge in [-0.15, -0.1) is 0 Å². The van der Waals surface area contributed by atoms with E-state index in [-0.39, 0.29) is 13.2 Å². The third-order valence-electron chi connectivity index (χ3n) is 1.99. The molecule has 1 aromatic carbocycles. The van der Waals surface area contributed by atoms with Gasteiger partial charge < -0.3 is 9.47 Å². The van der Waals surface area contributed by atoms with Gasteiger partial charge in [-0.05, 0) is 17.7 Å². The Morgan fingerprint density at radius 1 is 1.26 bits per heavy atom. The number of ether oxygens (including phenoxy) is 2. The summed E-state index contributed by atoms with van der Waals surface area (Å²) in [7, 11) is 0. The lowest BCUT2D eigenvalue weighted by Gasteiger charge is -2.05. The zero-order valence-corrected chi connectivity index (χ0v) is 9.98. The van der Waals surface area contributed by atoms with Crippen LogP contribution in [0, 0.1) is 0 Å². The highest BCUT2D eigenvalue weighted by Gasteiger charge is 2.06. The van der Waals surface area contributed by atoms with Gasteiger partial charge in [0.1, 0.15) is 13.2 Å². The van der Waals surface area contributed by atoms with E-state index < -0.39 is 11.9 Å². The van der Waals surface area contributed by atoms with Gasteiger partial charge in [-0.2, -0.15) is 0 Å². The molecule has 7 heteroatoms. The highest BCUT2D eigenvalue weighted by Crippen LogP contribution is 2.13. The fourth-order valence-electron chi connectivity index (χ4n) is 1.13. The zero-order chi connectivity index (χ0) is 14.1. The normalized spacial score (nSPS) is 9.05. The van der Waals surface area contributed by atoms with E-state index in [2.05, 4.69) is 21.3 Å². The molecule has 0 heterocycles. The number of nitrogens with zero attached hydrogens (tertiary/aromatic N) is 3. The average Bonchev–Trinajstić information content (AvgIpc) is 2.44. The van der Waals surface area contributed by atoms with E-state index in [4.69, 9.17) is 10.3 Å². The van der Waals surface area contributed by atoms with E-state index >= 15 is 0 Å². The van der Waals surface area contributed by atoms with E-state index in [1.54, 1.807) is 0 Å². The Balaban J connectivity index is 2.43. The predicted molar refractivity (Wildman–Crippen MR) is 66.7 cm³/mol. The van der Waals surface area contributed by atoms with Crippen molar-refractivity contribution in [2.24, 2.45) is 5.11 Å².